The number of Topliss-reactive ketones (excluding diaryl/α,β-unsaturated/α-hetero) is 1. The smallest absolute Gasteiger partial charge is 0.204 e. The van der Waals surface area contributed by atoms with Crippen molar-refractivity contribution < 1.29 is 14.3 Å². The second kappa shape index (κ2) is 5.27. The zero-order valence-corrected chi connectivity index (χ0v) is 9.52. The molecular weight excluding hydrogens is 206 g/mol. The Bertz CT molecular complexity index is 353. The average molecular weight is 223 g/mol. The number of rotatable bonds is 5. The van der Waals surface area contributed by atoms with Gasteiger partial charge < -0.3 is 14.0 Å². The topological polar surface area (TPSA) is 40.5 Å². The van der Waals surface area contributed by atoms with Gasteiger partial charge in [-0.1, -0.05) is 0 Å². The summed E-state index contributed by atoms with van der Waals surface area (Å²) < 4.78 is 12.6. The zero-order valence-electron chi connectivity index (χ0n) is 9.52. The van der Waals surface area contributed by atoms with Gasteiger partial charge in [0.2, 0.25) is 5.78 Å². The number of hydrogen-bond acceptors (Lipinski definition) is 3. The highest BCUT2D eigenvalue weighted by molar-refractivity contribution is 5.95. The summed E-state index contributed by atoms with van der Waals surface area (Å²) in [6, 6.07) is 3.66. The van der Waals surface area contributed by atoms with Crippen LogP contribution in [0.5, 0.6) is 0 Å². The molecule has 1 saturated heterocycles. The number of aryl methyl sites for hydroxylation is 1. The predicted octanol–water partition coefficient (Wildman–Crippen LogP) is 1.40. The first-order chi connectivity index (χ1) is 7.77. The molecule has 0 bridgehead atoms. The molecule has 1 aliphatic heterocycles. The van der Waals surface area contributed by atoms with Gasteiger partial charge in [-0.05, 0) is 25.0 Å². The summed E-state index contributed by atoms with van der Waals surface area (Å²) in [4.78, 5) is 11.7. The number of carbonyl (C=O) groups is 1. The molecular formula is C12H17NO3. The molecule has 0 spiro atoms. The molecule has 4 nitrogen and oxygen atoms in total. The van der Waals surface area contributed by atoms with E-state index in [1.807, 2.05) is 19.3 Å². The largest absolute Gasteiger partial charge is 0.376 e. The summed E-state index contributed by atoms with van der Waals surface area (Å²) in [7, 11) is 1.85. The molecule has 1 unspecified atom stereocenters. The van der Waals surface area contributed by atoms with Gasteiger partial charge in [0.25, 0.3) is 0 Å². The zero-order chi connectivity index (χ0) is 11.4. The van der Waals surface area contributed by atoms with Crippen molar-refractivity contribution >= 4 is 5.78 Å². The standard InChI is InChI=1S/C12H17NO3/c1-13-6-2-5-11(13)12(14)9-15-8-10-4-3-7-16-10/h2,5-6,10H,3-4,7-9H2,1H3. The monoisotopic (exact) mass is 223 g/mol. The minimum atomic E-state index is 0.0190. The van der Waals surface area contributed by atoms with Gasteiger partial charge in [-0.3, -0.25) is 4.79 Å². The van der Waals surface area contributed by atoms with E-state index in [9.17, 15) is 4.79 Å². The third-order valence-corrected chi connectivity index (χ3v) is 2.79. The van der Waals surface area contributed by atoms with Crippen LogP contribution < -0.4 is 0 Å². The van der Waals surface area contributed by atoms with Crippen LogP contribution in [-0.2, 0) is 16.5 Å². The molecule has 16 heavy (non-hydrogen) atoms. The van der Waals surface area contributed by atoms with Crippen molar-refractivity contribution in [2.45, 2.75) is 18.9 Å². The van der Waals surface area contributed by atoms with Crippen LogP contribution in [0.25, 0.3) is 0 Å². The summed E-state index contributed by atoms with van der Waals surface area (Å²) in [6.45, 7) is 1.48. The maximum absolute atomic E-state index is 11.7. The lowest BCUT2D eigenvalue weighted by Crippen LogP contribution is -2.19. The van der Waals surface area contributed by atoms with Crippen molar-refractivity contribution in [1.29, 1.82) is 0 Å². The van der Waals surface area contributed by atoms with E-state index in [-0.39, 0.29) is 18.5 Å². The third-order valence-electron chi connectivity index (χ3n) is 2.79. The number of nitrogens with zero attached hydrogens (tertiary/aromatic N) is 1. The third kappa shape index (κ3) is 2.71. The minimum Gasteiger partial charge on any atom is -0.376 e. The molecule has 0 amide bonds. The highest BCUT2D eigenvalue weighted by Crippen LogP contribution is 2.12. The number of aromatic nitrogens is 1. The fourth-order valence-electron chi connectivity index (χ4n) is 1.88. The number of ketones is 1. The van der Waals surface area contributed by atoms with Crippen LogP contribution in [0, 0.1) is 0 Å². The van der Waals surface area contributed by atoms with E-state index >= 15 is 0 Å². The highest BCUT2D eigenvalue weighted by atomic mass is 16.5. The Balaban J connectivity index is 1.73. The van der Waals surface area contributed by atoms with Crippen LogP contribution in [0.2, 0.25) is 0 Å². The Morgan fingerprint density at radius 1 is 1.69 bits per heavy atom. The van der Waals surface area contributed by atoms with Crippen molar-refractivity contribution in [3.05, 3.63) is 24.0 Å². The van der Waals surface area contributed by atoms with E-state index in [4.69, 9.17) is 9.47 Å². The van der Waals surface area contributed by atoms with E-state index in [0.717, 1.165) is 19.4 Å². The first-order valence-corrected chi connectivity index (χ1v) is 5.61. The quantitative estimate of drug-likeness (QED) is 0.708. The molecule has 0 radical (unpaired) electrons. The van der Waals surface area contributed by atoms with Crippen LogP contribution in [0.15, 0.2) is 18.3 Å². The lowest BCUT2D eigenvalue weighted by Gasteiger charge is -2.09. The Morgan fingerprint density at radius 2 is 2.56 bits per heavy atom. The SMILES string of the molecule is Cn1cccc1C(=O)COCC1CCCO1. The maximum atomic E-state index is 11.7. The molecule has 0 N–H and O–H groups in total. The molecule has 1 aliphatic rings. The van der Waals surface area contributed by atoms with Crippen LogP contribution >= 0.6 is 0 Å². The maximum Gasteiger partial charge on any atom is 0.204 e. The minimum absolute atomic E-state index is 0.0190. The molecule has 2 rings (SSSR count). The Kier molecular flexibility index (Phi) is 3.74. The molecule has 1 aromatic rings. The van der Waals surface area contributed by atoms with Crippen molar-refractivity contribution in [1.82, 2.24) is 4.57 Å². The molecule has 1 atom stereocenters. The van der Waals surface area contributed by atoms with Gasteiger partial charge in [0.05, 0.1) is 18.4 Å². The van der Waals surface area contributed by atoms with Gasteiger partial charge in [-0.2, -0.15) is 0 Å². The van der Waals surface area contributed by atoms with Crippen LogP contribution in [0.3, 0.4) is 0 Å². The molecule has 1 fully saturated rings. The summed E-state index contributed by atoms with van der Waals surface area (Å²) >= 11 is 0. The molecule has 0 saturated carbocycles. The average Bonchev–Trinajstić information content (AvgIpc) is 2.88. The lowest BCUT2D eigenvalue weighted by molar-refractivity contribution is 0.0188. The Morgan fingerprint density at radius 3 is 3.19 bits per heavy atom. The van der Waals surface area contributed by atoms with Crippen LogP contribution in [0.1, 0.15) is 23.3 Å². The van der Waals surface area contributed by atoms with Crippen molar-refractivity contribution in [2.75, 3.05) is 19.8 Å². The van der Waals surface area contributed by atoms with Gasteiger partial charge in [0.1, 0.15) is 6.61 Å². The van der Waals surface area contributed by atoms with E-state index in [0.29, 0.717) is 12.3 Å². The fraction of sp³-hybridized carbons (Fsp3) is 0.583. The molecule has 88 valence electrons. The lowest BCUT2D eigenvalue weighted by atomic mass is 10.2. The molecule has 1 aromatic heterocycles. The van der Waals surface area contributed by atoms with Gasteiger partial charge >= 0.3 is 0 Å². The summed E-state index contributed by atoms with van der Waals surface area (Å²) in [5, 5.41) is 0. The normalized spacial score (nSPS) is 20.2. The van der Waals surface area contributed by atoms with Gasteiger partial charge in [0, 0.05) is 19.9 Å². The fourth-order valence-corrected chi connectivity index (χ4v) is 1.88. The van der Waals surface area contributed by atoms with Gasteiger partial charge in [-0.15, -0.1) is 0 Å². The first kappa shape index (κ1) is 11.4. The molecule has 0 aromatic carbocycles. The molecule has 2 heterocycles. The summed E-state index contributed by atoms with van der Waals surface area (Å²) in [6.07, 6.45) is 4.17. The number of carbonyl (C=O) groups excluding carboxylic acids is 1. The van der Waals surface area contributed by atoms with Gasteiger partial charge in [-0.25, -0.2) is 0 Å². The molecule has 0 aliphatic carbocycles. The summed E-state index contributed by atoms with van der Waals surface area (Å²) in [5.41, 5.74) is 0.687. The second-order valence-corrected chi connectivity index (χ2v) is 4.08. The molecule has 4 heteroatoms. The van der Waals surface area contributed by atoms with Gasteiger partial charge in [0.15, 0.2) is 0 Å². The van der Waals surface area contributed by atoms with Crippen molar-refractivity contribution in [2.24, 2.45) is 7.05 Å². The second-order valence-electron chi connectivity index (χ2n) is 4.08. The predicted molar refractivity (Wildman–Crippen MR) is 59.5 cm³/mol. The Hall–Kier alpha value is -1.13. The summed E-state index contributed by atoms with van der Waals surface area (Å²) in [5.74, 6) is 0.0190. The Labute approximate surface area is 95.2 Å². The van der Waals surface area contributed by atoms with Crippen molar-refractivity contribution in [3.8, 4) is 0 Å². The van der Waals surface area contributed by atoms with Crippen LogP contribution in [0.4, 0.5) is 0 Å². The van der Waals surface area contributed by atoms with E-state index in [1.165, 1.54) is 0 Å². The number of ether oxygens (including phenoxy) is 2. The number of hydrogen-bond donors (Lipinski definition) is 0. The highest BCUT2D eigenvalue weighted by Gasteiger charge is 2.16. The van der Waals surface area contributed by atoms with Crippen molar-refractivity contribution in [3.63, 3.8) is 0 Å². The van der Waals surface area contributed by atoms with Crippen LogP contribution in [-0.4, -0.2) is 36.3 Å². The van der Waals surface area contributed by atoms with E-state index in [1.54, 1.807) is 10.6 Å². The van der Waals surface area contributed by atoms with E-state index < -0.39 is 0 Å². The first-order valence-electron chi connectivity index (χ1n) is 5.61. The van der Waals surface area contributed by atoms with E-state index in [2.05, 4.69) is 0 Å².